The Morgan fingerprint density at radius 3 is 2.24 bits per heavy atom. The highest BCUT2D eigenvalue weighted by molar-refractivity contribution is 5.02. The molecule has 0 heterocycles. The first-order valence-corrected chi connectivity index (χ1v) is 7.88. The largest absolute Gasteiger partial charge is 0.311 e. The molecule has 0 aromatic heterocycles. The minimum Gasteiger partial charge on any atom is -0.311 e. The van der Waals surface area contributed by atoms with Gasteiger partial charge in [0.05, 0.1) is 0 Å². The monoisotopic (exact) mass is 237 g/mol. The molecule has 0 saturated heterocycles. The van der Waals surface area contributed by atoms with E-state index in [9.17, 15) is 0 Å². The molecule has 0 aromatic carbocycles. The predicted octanol–water partition coefficient (Wildman–Crippen LogP) is 4.51. The molecule has 2 unspecified atom stereocenters. The van der Waals surface area contributed by atoms with E-state index in [1.165, 1.54) is 57.8 Å². The van der Waals surface area contributed by atoms with Crippen molar-refractivity contribution in [3.8, 4) is 0 Å². The van der Waals surface area contributed by atoms with Gasteiger partial charge < -0.3 is 5.32 Å². The number of nitrogens with one attached hydrogen (secondary N) is 1. The van der Waals surface area contributed by atoms with Gasteiger partial charge in [0.2, 0.25) is 0 Å². The molecule has 0 radical (unpaired) electrons. The third-order valence-corrected chi connectivity index (χ3v) is 5.18. The van der Waals surface area contributed by atoms with Crippen LogP contribution in [0, 0.1) is 11.3 Å². The normalized spacial score (nSPS) is 29.3. The molecule has 1 heteroatoms. The van der Waals surface area contributed by atoms with Crippen molar-refractivity contribution < 1.29 is 0 Å². The van der Waals surface area contributed by atoms with Crippen LogP contribution in [-0.4, -0.2) is 12.1 Å². The smallest absolute Gasteiger partial charge is 0.0126 e. The Labute approximate surface area is 108 Å². The molecular weight excluding hydrogens is 206 g/mol. The minimum absolute atomic E-state index is 0.724. The van der Waals surface area contributed by atoms with Crippen LogP contribution in [0.3, 0.4) is 0 Å². The van der Waals surface area contributed by atoms with Gasteiger partial charge >= 0.3 is 0 Å². The van der Waals surface area contributed by atoms with E-state index in [1.54, 1.807) is 0 Å². The molecular formula is C16H31N. The molecule has 2 atom stereocenters. The van der Waals surface area contributed by atoms with Gasteiger partial charge in [0.1, 0.15) is 0 Å². The molecule has 1 spiro atoms. The van der Waals surface area contributed by atoms with Crippen LogP contribution in [0.25, 0.3) is 0 Å². The van der Waals surface area contributed by atoms with Crippen LogP contribution >= 0.6 is 0 Å². The van der Waals surface area contributed by atoms with Gasteiger partial charge in [-0.15, -0.1) is 0 Å². The lowest BCUT2D eigenvalue weighted by Crippen LogP contribution is -2.56. The third kappa shape index (κ3) is 3.24. The van der Waals surface area contributed by atoms with Gasteiger partial charge in [0.15, 0.2) is 0 Å². The summed E-state index contributed by atoms with van der Waals surface area (Å²) in [5, 5.41) is 3.93. The van der Waals surface area contributed by atoms with Gasteiger partial charge in [0.25, 0.3) is 0 Å². The summed E-state index contributed by atoms with van der Waals surface area (Å²) in [6.07, 6.45) is 13.1. The van der Waals surface area contributed by atoms with Crippen LogP contribution in [0.1, 0.15) is 78.6 Å². The lowest BCUT2D eigenvalue weighted by molar-refractivity contribution is 0.0167. The van der Waals surface area contributed by atoms with E-state index >= 15 is 0 Å². The molecule has 1 N–H and O–H groups in total. The molecule has 0 aliphatic heterocycles. The zero-order valence-electron chi connectivity index (χ0n) is 12.1. The standard InChI is InChI=1S/C16H31N/c1-13(2)7-8-14(3)17-15-9-12-16(15)10-5-4-6-11-16/h13-15,17H,4-12H2,1-3H3. The molecule has 0 bridgehead atoms. The van der Waals surface area contributed by atoms with Crippen molar-refractivity contribution in [2.45, 2.75) is 90.6 Å². The van der Waals surface area contributed by atoms with Crippen LogP contribution in [0.2, 0.25) is 0 Å². The lowest BCUT2D eigenvalue weighted by Gasteiger charge is -2.53. The van der Waals surface area contributed by atoms with Gasteiger partial charge in [-0.2, -0.15) is 0 Å². The van der Waals surface area contributed by atoms with E-state index in [2.05, 4.69) is 26.1 Å². The highest BCUT2D eigenvalue weighted by Gasteiger charge is 2.46. The van der Waals surface area contributed by atoms with E-state index < -0.39 is 0 Å². The fourth-order valence-electron chi connectivity index (χ4n) is 3.82. The number of hydrogen-bond donors (Lipinski definition) is 1. The van der Waals surface area contributed by atoms with Gasteiger partial charge in [-0.05, 0) is 56.8 Å². The summed E-state index contributed by atoms with van der Waals surface area (Å²) >= 11 is 0. The number of rotatable bonds is 5. The van der Waals surface area contributed by atoms with Crippen LogP contribution in [0.4, 0.5) is 0 Å². The topological polar surface area (TPSA) is 12.0 Å². The van der Waals surface area contributed by atoms with Crippen molar-refractivity contribution in [2.75, 3.05) is 0 Å². The lowest BCUT2D eigenvalue weighted by atomic mass is 9.57. The first-order valence-electron chi connectivity index (χ1n) is 7.88. The highest BCUT2D eigenvalue weighted by Crippen LogP contribution is 2.51. The van der Waals surface area contributed by atoms with Crippen molar-refractivity contribution in [1.82, 2.24) is 5.32 Å². The van der Waals surface area contributed by atoms with Crippen LogP contribution < -0.4 is 5.32 Å². The highest BCUT2D eigenvalue weighted by atomic mass is 15.0. The van der Waals surface area contributed by atoms with E-state index in [-0.39, 0.29) is 0 Å². The Hall–Kier alpha value is -0.0400. The summed E-state index contributed by atoms with van der Waals surface area (Å²) < 4.78 is 0. The Morgan fingerprint density at radius 2 is 1.71 bits per heavy atom. The van der Waals surface area contributed by atoms with E-state index in [0.717, 1.165) is 23.4 Å². The Balaban J connectivity index is 1.75. The maximum atomic E-state index is 3.93. The predicted molar refractivity (Wildman–Crippen MR) is 75.2 cm³/mol. The van der Waals surface area contributed by atoms with Crippen molar-refractivity contribution in [3.63, 3.8) is 0 Å². The molecule has 2 rings (SSSR count). The molecule has 17 heavy (non-hydrogen) atoms. The Bertz CT molecular complexity index is 228. The zero-order valence-corrected chi connectivity index (χ0v) is 12.1. The summed E-state index contributed by atoms with van der Waals surface area (Å²) in [6, 6.07) is 1.58. The Kier molecular flexibility index (Phi) is 4.52. The fraction of sp³-hybridized carbons (Fsp3) is 1.00. The zero-order chi connectivity index (χ0) is 12.3. The van der Waals surface area contributed by atoms with Crippen LogP contribution in [-0.2, 0) is 0 Å². The van der Waals surface area contributed by atoms with Crippen LogP contribution in [0.15, 0.2) is 0 Å². The van der Waals surface area contributed by atoms with Gasteiger partial charge in [-0.3, -0.25) is 0 Å². The quantitative estimate of drug-likeness (QED) is 0.741. The summed E-state index contributed by atoms with van der Waals surface area (Å²) in [7, 11) is 0. The van der Waals surface area contributed by atoms with E-state index in [0.29, 0.717) is 0 Å². The second kappa shape index (κ2) is 5.73. The average molecular weight is 237 g/mol. The van der Waals surface area contributed by atoms with Crippen molar-refractivity contribution >= 4 is 0 Å². The van der Waals surface area contributed by atoms with Gasteiger partial charge in [-0.1, -0.05) is 33.1 Å². The van der Waals surface area contributed by atoms with Gasteiger partial charge in [-0.25, -0.2) is 0 Å². The Morgan fingerprint density at radius 1 is 1.00 bits per heavy atom. The molecule has 2 aliphatic rings. The van der Waals surface area contributed by atoms with Crippen molar-refractivity contribution in [1.29, 1.82) is 0 Å². The first kappa shape index (κ1) is 13.4. The van der Waals surface area contributed by atoms with Crippen molar-refractivity contribution in [3.05, 3.63) is 0 Å². The summed E-state index contributed by atoms with van der Waals surface area (Å²) in [4.78, 5) is 0. The maximum Gasteiger partial charge on any atom is 0.0126 e. The minimum atomic E-state index is 0.724. The fourth-order valence-corrected chi connectivity index (χ4v) is 3.82. The second-order valence-corrected chi connectivity index (χ2v) is 7.05. The summed E-state index contributed by atoms with van der Waals surface area (Å²) in [5.41, 5.74) is 0.727. The summed E-state index contributed by atoms with van der Waals surface area (Å²) in [6.45, 7) is 7.05. The van der Waals surface area contributed by atoms with Crippen LogP contribution in [0.5, 0.6) is 0 Å². The SMILES string of the molecule is CC(C)CCC(C)NC1CCC12CCCCC2. The summed E-state index contributed by atoms with van der Waals surface area (Å²) in [5.74, 6) is 0.851. The first-order chi connectivity index (χ1) is 8.12. The van der Waals surface area contributed by atoms with E-state index in [1.807, 2.05) is 0 Å². The molecule has 0 aromatic rings. The molecule has 2 saturated carbocycles. The molecule has 100 valence electrons. The molecule has 2 aliphatic carbocycles. The molecule has 1 nitrogen and oxygen atoms in total. The molecule has 0 amide bonds. The second-order valence-electron chi connectivity index (χ2n) is 7.05. The van der Waals surface area contributed by atoms with Gasteiger partial charge in [0, 0.05) is 12.1 Å². The number of hydrogen-bond acceptors (Lipinski definition) is 1. The van der Waals surface area contributed by atoms with E-state index in [4.69, 9.17) is 0 Å². The third-order valence-electron chi connectivity index (χ3n) is 5.18. The maximum absolute atomic E-state index is 3.93. The average Bonchev–Trinajstić information content (AvgIpc) is 2.33. The van der Waals surface area contributed by atoms with Crippen molar-refractivity contribution in [2.24, 2.45) is 11.3 Å². The molecule has 2 fully saturated rings.